The SMILES string of the molecule is N[C@]1(C(=O)O)C[C@H]1c1ccc(O)c(O)c1. The average Bonchev–Trinajstić information content (AvgIpc) is 2.85. The number of benzene rings is 1. The van der Waals surface area contributed by atoms with E-state index in [2.05, 4.69) is 0 Å². The van der Waals surface area contributed by atoms with E-state index in [9.17, 15) is 9.90 Å². The molecule has 0 amide bonds. The van der Waals surface area contributed by atoms with Gasteiger partial charge in [0, 0.05) is 5.92 Å². The van der Waals surface area contributed by atoms with Gasteiger partial charge in [0.1, 0.15) is 5.54 Å². The van der Waals surface area contributed by atoms with Crippen LogP contribution in [0, 0.1) is 0 Å². The Morgan fingerprint density at radius 3 is 2.53 bits per heavy atom. The number of nitrogens with two attached hydrogens (primary N) is 1. The summed E-state index contributed by atoms with van der Waals surface area (Å²) in [6.07, 6.45) is 0.354. The Kier molecular flexibility index (Phi) is 1.87. The van der Waals surface area contributed by atoms with Crippen molar-refractivity contribution < 1.29 is 20.1 Å². The second kappa shape index (κ2) is 2.87. The molecule has 1 aromatic rings. The van der Waals surface area contributed by atoms with Crippen LogP contribution in [-0.4, -0.2) is 26.8 Å². The van der Waals surface area contributed by atoms with Crippen molar-refractivity contribution in [2.24, 2.45) is 5.73 Å². The normalized spacial score (nSPS) is 28.7. The molecule has 0 aromatic heterocycles. The topological polar surface area (TPSA) is 104 Å². The Balaban J connectivity index is 2.27. The smallest absolute Gasteiger partial charge is 0.324 e. The fourth-order valence-electron chi connectivity index (χ4n) is 1.69. The number of phenolic OH excluding ortho intramolecular Hbond substituents is 2. The molecule has 5 heteroatoms. The van der Waals surface area contributed by atoms with E-state index in [1.54, 1.807) is 6.07 Å². The zero-order valence-electron chi connectivity index (χ0n) is 7.84. The van der Waals surface area contributed by atoms with Gasteiger partial charge in [-0.25, -0.2) is 0 Å². The highest BCUT2D eigenvalue weighted by molar-refractivity contribution is 5.85. The molecule has 0 aliphatic heterocycles. The summed E-state index contributed by atoms with van der Waals surface area (Å²) in [7, 11) is 0. The molecule has 1 aliphatic carbocycles. The summed E-state index contributed by atoms with van der Waals surface area (Å²) < 4.78 is 0. The maximum atomic E-state index is 10.8. The molecular weight excluding hydrogens is 198 g/mol. The fraction of sp³-hybridized carbons (Fsp3) is 0.300. The van der Waals surface area contributed by atoms with Gasteiger partial charge in [-0.15, -0.1) is 0 Å². The van der Waals surface area contributed by atoms with E-state index in [-0.39, 0.29) is 17.4 Å². The van der Waals surface area contributed by atoms with Crippen molar-refractivity contribution in [1.82, 2.24) is 0 Å². The van der Waals surface area contributed by atoms with Gasteiger partial charge in [0.05, 0.1) is 0 Å². The van der Waals surface area contributed by atoms with Crippen molar-refractivity contribution in [3.8, 4) is 11.5 Å². The number of carboxylic acids is 1. The average molecular weight is 209 g/mol. The Hall–Kier alpha value is -1.75. The summed E-state index contributed by atoms with van der Waals surface area (Å²) in [5.74, 6) is -1.81. The number of hydrogen-bond donors (Lipinski definition) is 4. The predicted molar refractivity (Wildman–Crippen MR) is 51.7 cm³/mol. The first-order valence-corrected chi connectivity index (χ1v) is 4.49. The Morgan fingerprint density at radius 1 is 1.40 bits per heavy atom. The number of phenols is 2. The molecule has 1 aliphatic rings. The van der Waals surface area contributed by atoms with Crippen LogP contribution in [0.4, 0.5) is 0 Å². The molecule has 0 spiro atoms. The van der Waals surface area contributed by atoms with Gasteiger partial charge >= 0.3 is 5.97 Å². The quantitative estimate of drug-likeness (QED) is 0.527. The van der Waals surface area contributed by atoms with E-state index in [0.717, 1.165) is 0 Å². The summed E-state index contributed by atoms with van der Waals surface area (Å²) in [6.45, 7) is 0. The minimum atomic E-state index is -1.22. The number of rotatable bonds is 2. The van der Waals surface area contributed by atoms with E-state index < -0.39 is 11.5 Å². The molecule has 2 atom stereocenters. The van der Waals surface area contributed by atoms with Crippen molar-refractivity contribution >= 4 is 5.97 Å². The molecule has 0 heterocycles. The molecule has 0 saturated heterocycles. The number of hydrogen-bond acceptors (Lipinski definition) is 4. The minimum absolute atomic E-state index is 0.225. The van der Waals surface area contributed by atoms with E-state index in [4.69, 9.17) is 15.9 Å². The van der Waals surface area contributed by atoms with Crippen molar-refractivity contribution in [3.05, 3.63) is 23.8 Å². The monoisotopic (exact) mass is 209 g/mol. The lowest BCUT2D eigenvalue weighted by atomic mass is 10.1. The first-order valence-electron chi connectivity index (χ1n) is 4.49. The lowest BCUT2D eigenvalue weighted by Crippen LogP contribution is -2.34. The van der Waals surface area contributed by atoms with Crippen LogP contribution in [0.15, 0.2) is 18.2 Å². The van der Waals surface area contributed by atoms with Crippen molar-refractivity contribution in [2.45, 2.75) is 17.9 Å². The maximum Gasteiger partial charge on any atom is 0.324 e. The lowest BCUT2D eigenvalue weighted by Gasteiger charge is -2.06. The fourth-order valence-corrected chi connectivity index (χ4v) is 1.69. The van der Waals surface area contributed by atoms with Crippen LogP contribution in [0.3, 0.4) is 0 Å². The molecule has 1 fully saturated rings. The van der Waals surface area contributed by atoms with Gasteiger partial charge in [0.25, 0.3) is 0 Å². The molecular formula is C10H11NO4. The Morgan fingerprint density at radius 2 is 2.07 bits per heavy atom. The van der Waals surface area contributed by atoms with Crippen LogP contribution in [0.2, 0.25) is 0 Å². The second-order valence-electron chi connectivity index (χ2n) is 3.85. The zero-order valence-corrected chi connectivity index (χ0v) is 7.84. The van der Waals surface area contributed by atoms with Crippen molar-refractivity contribution in [3.63, 3.8) is 0 Å². The third-order valence-electron chi connectivity index (χ3n) is 2.80. The first-order chi connectivity index (χ1) is 6.95. The second-order valence-corrected chi connectivity index (χ2v) is 3.85. The van der Waals surface area contributed by atoms with Gasteiger partial charge in [-0.05, 0) is 24.1 Å². The third-order valence-corrected chi connectivity index (χ3v) is 2.80. The summed E-state index contributed by atoms with van der Waals surface area (Å²) in [6, 6.07) is 4.24. The molecule has 80 valence electrons. The van der Waals surface area contributed by atoms with Crippen LogP contribution in [0.25, 0.3) is 0 Å². The third kappa shape index (κ3) is 1.41. The van der Waals surface area contributed by atoms with Crippen LogP contribution in [-0.2, 0) is 4.79 Å². The Labute approximate surface area is 85.8 Å². The standard InChI is InChI=1S/C10H11NO4/c11-10(9(14)15)4-6(10)5-1-2-7(12)8(13)3-5/h1-3,6,12-13H,4,11H2,(H,14,15)/t6-,10+/m0/s1. The molecule has 1 aromatic carbocycles. The van der Waals surface area contributed by atoms with Crippen LogP contribution in [0.1, 0.15) is 17.9 Å². The largest absolute Gasteiger partial charge is 0.504 e. The maximum absolute atomic E-state index is 10.8. The molecule has 0 unspecified atom stereocenters. The summed E-state index contributed by atoms with van der Waals surface area (Å²) >= 11 is 0. The Bertz CT molecular complexity index is 431. The first kappa shape index (κ1) is 9.79. The van der Waals surface area contributed by atoms with E-state index >= 15 is 0 Å². The highest BCUT2D eigenvalue weighted by Gasteiger charge is 2.58. The van der Waals surface area contributed by atoms with Crippen molar-refractivity contribution in [2.75, 3.05) is 0 Å². The molecule has 1 saturated carbocycles. The molecule has 2 rings (SSSR count). The highest BCUT2D eigenvalue weighted by Crippen LogP contribution is 2.50. The number of carboxylic acid groups (broad SMARTS) is 1. The van der Waals surface area contributed by atoms with Gasteiger partial charge in [0.2, 0.25) is 0 Å². The molecule has 15 heavy (non-hydrogen) atoms. The van der Waals surface area contributed by atoms with Gasteiger partial charge in [-0.1, -0.05) is 6.07 Å². The molecule has 5 nitrogen and oxygen atoms in total. The summed E-state index contributed by atoms with van der Waals surface area (Å²) in [5, 5.41) is 27.2. The zero-order chi connectivity index (χ0) is 11.2. The highest BCUT2D eigenvalue weighted by atomic mass is 16.4. The van der Waals surface area contributed by atoms with Gasteiger partial charge in [0.15, 0.2) is 11.5 Å². The lowest BCUT2D eigenvalue weighted by molar-refractivity contribution is -0.139. The van der Waals surface area contributed by atoms with Gasteiger partial charge in [-0.3, -0.25) is 4.79 Å². The number of carbonyl (C=O) groups is 1. The summed E-state index contributed by atoms with van der Waals surface area (Å²) in [4.78, 5) is 10.8. The number of aliphatic carboxylic acids is 1. The van der Waals surface area contributed by atoms with Gasteiger partial charge < -0.3 is 21.1 Å². The minimum Gasteiger partial charge on any atom is -0.504 e. The predicted octanol–water partition coefficient (Wildman–Crippen LogP) is 0.367. The van der Waals surface area contributed by atoms with Crippen molar-refractivity contribution in [1.29, 1.82) is 0 Å². The van der Waals surface area contributed by atoms with Crippen LogP contribution >= 0.6 is 0 Å². The molecule has 5 N–H and O–H groups in total. The number of aromatic hydroxyl groups is 2. The van der Waals surface area contributed by atoms with E-state index in [0.29, 0.717) is 12.0 Å². The van der Waals surface area contributed by atoms with Crippen LogP contribution < -0.4 is 5.73 Å². The molecule has 0 radical (unpaired) electrons. The molecule has 0 bridgehead atoms. The van der Waals surface area contributed by atoms with E-state index in [1.807, 2.05) is 0 Å². The van der Waals surface area contributed by atoms with E-state index in [1.165, 1.54) is 12.1 Å². The van der Waals surface area contributed by atoms with Gasteiger partial charge in [-0.2, -0.15) is 0 Å². The van der Waals surface area contributed by atoms with Crippen LogP contribution in [0.5, 0.6) is 11.5 Å². The summed E-state index contributed by atoms with van der Waals surface area (Å²) in [5.41, 5.74) is 5.03.